The van der Waals surface area contributed by atoms with Gasteiger partial charge in [0.1, 0.15) is 0 Å². The maximum Gasteiger partial charge on any atom is 0.317 e. The van der Waals surface area contributed by atoms with Gasteiger partial charge in [0.15, 0.2) is 0 Å². The third kappa shape index (κ3) is 3.85. The fraction of sp³-hybridized carbons (Fsp3) is 0.857. The first kappa shape index (κ1) is 14.2. The number of urea groups is 1. The molecule has 0 aromatic rings. The van der Waals surface area contributed by atoms with Gasteiger partial charge in [-0.1, -0.05) is 13.3 Å². The number of aliphatic carboxylic acids is 1. The Kier molecular flexibility index (Phi) is 4.66. The summed E-state index contributed by atoms with van der Waals surface area (Å²) >= 11 is 0. The molecule has 0 aromatic carbocycles. The van der Waals surface area contributed by atoms with Crippen LogP contribution in [0, 0.1) is 5.92 Å². The summed E-state index contributed by atoms with van der Waals surface area (Å²) in [5, 5.41) is 12.0. The lowest BCUT2D eigenvalue weighted by atomic mass is 10.1. The number of carboxylic acids is 1. The molecule has 0 spiro atoms. The molecular formula is C14H24N2O3. The van der Waals surface area contributed by atoms with Crippen molar-refractivity contribution in [3.8, 4) is 0 Å². The van der Waals surface area contributed by atoms with Gasteiger partial charge in [-0.15, -0.1) is 0 Å². The average molecular weight is 268 g/mol. The van der Waals surface area contributed by atoms with Crippen molar-refractivity contribution in [2.45, 2.75) is 64.0 Å². The molecule has 2 fully saturated rings. The standard InChI is InChI=1S/C14H24N2O3/c1-2-3-8-16(12-6-7-12)14(19)15-11-5-4-10(9-11)13(17)18/h10-12H,2-9H2,1H3,(H,15,19)(H,17,18). The Morgan fingerprint density at radius 3 is 2.53 bits per heavy atom. The van der Waals surface area contributed by atoms with Crippen molar-refractivity contribution in [1.82, 2.24) is 10.2 Å². The monoisotopic (exact) mass is 268 g/mol. The Balaban J connectivity index is 1.80. The minimum Gasteiger partial charge on any atom is -0.481 e. The van der Waals surface area contributed by atoms with E-state index in [9.17, 15) is 9.59 Å². The maximum absolute atomic E-state index is 12.2. The lowest BCUT2D eigenvalue weighted by Crippen LogP contribution is -2.45. The zero-order valence-corrected chi connectivity index (χ0v) is 11.6. The van der Waals surface area contributed by atoms with Gasteiger partial charge >= 0.3 is 12.0 Å². The van der Waals surface area contributed by atoms with Crippen molar-refractivity contribution in [3.63, 3.8) is 0 Å². The average Bonchev–Trinajstić information content (AvgIpc) is 3.09. The van der Waals surface area contributed by atoms with Crippen molar-refractivity contribution in [1.29, 1.82) is 0 Å². The quantitative estimate of drug-likeness (QED) is 0.776. The van der Waals surface area contributed by atoms with Crippen LogP contribution in [0.15, 0.2) is 0 Å². The molecule has 2 rings (SSSR count). The summed E-state index contributed by atoms with van der Waals surface area (Å²) in [6.07, 6.45) is 6.38. The number of unbranched alkanes of at least 4 members (excludes halogenated alkanes) is 1. The molecule has 2 unspecified atom stereocenters. The molecule has 5 nitrogen and oxygen atoms in total. The van der Waals surface area contributed by atoms with E-state index in [1.807, 2.05) is 4.90 Å². The molecule has 2 saturated carbocycles. The van der Waals surface area contributed by atoms with Gasteiger partial charge in [0, 0.05) is 18.6 Å². The first-order valence-electron chi connectivity index (χ1n) is 7.41. The van der Waals surface area contributed by atoms with E-state index in [-0.39, 0.29) is 18.0 Å². The van der Waals surface area contributed by atoms with Crippen LogP contribution in [0.1, 0.15) is 51.9 Å². The molecule has 0 saturated heterocycles. The minimum atomic E-state index is -0.734. The first-order chi connectivity index (χ1) is 9.11. The summed E-state index contributed by atoms with van der Waals surface area (Å²) < 4.78 is 0. The summed E-state index contributed by atoms with van der Waals surface area (Å²) in [6.45, 7) is 2.94. The van der Waals surface area contributed by atoms with Crippen LogP contribution < -0.4 is 5.32 Å². The molecule has 0 aliphatic heterocycles. The number of nitrogens with one attached hydrogen (secondary N) is 1. The van der Waals surface area contributed by atoms with Gasteiger partial charge in [-0.3, -0.25) is 4.79 Å². The lowest BCUT2D eigenvalue weighted by molar-refractivity contribution is -0.141. The smallest absolute Gasteiger partial charge is 0.317 e. The van der Waals surface area contributed by atoms with Gasteiger partial charge < -0.3 is 15.3 Å². The van der Waals surface area contributed by atoms with E-state index in [0.717, 1.165) is 38.6 Å². The Hall–Kier alpha value is -1.26. The van der Waals surface area contributed by atoms with E-state index in [1.54, 1.807) is 0 Å². The number of hydrogen-bond acceptors (Lipinski definition) is 2. The number of rotatable bonds is 6. The molecule has 108 valence electrons. The van der Waals surface area contributed by atoms with E-state index >= 15 is 0 Å². The Morgan fingerprint density at radius 2 is 2.00 bits per heavy atom. The summed E-state index contributed by atoms with van der Waals surface area (Å²) in [7, 11) is 0. The second kappa shape index (κ2) is 6.26. The zero-order chi connectivity index (χ0) is 13.8. The van der Waals surface area contributed by atoms with Crippen LogP contribution >= 0.6 is 0 Å². The summed E-state index contributed by atoms with van der Waals surface area (Å²) in [5.74, 6) is -1.02. The highest BCUT2D eigenvalue weighted by atomic mass is 16.4. The molecule has 2 amide bonds. The summed E-state index contributed by atoms with van der Waals surface area (Å²) in [4.78, 5) is 25.1. The number of hydrogen-bond donors (Lipinski definition) is 2. The fourth-order valence-corrected chi connectivity index (χ4v) is 2.76. The largest absolute Gasteiger partial charge is 0.481 e. The molecule has 0 heterocycles. The fourth-order valence-electron chi connectivity index (χ4n) is 2.76. The van der Waals surface area contributed by atoms with Crippen molar-refractivity contribution in [3.05, 3.63) is 0 Å². The lowest BCUT2D eigenvalue weighted by Gasteiger charge is -2.25. The van der Waals surface area contributed by atoms with Crippen LogP contribution in [0.4, 0.5) is 4.79 Å². The first-order valence-corrected chi connectivity index (χ1v) is 7.41. The molecule has 2 aliphatic carbocycles. The van der Waals surface area contributed by atoms with Gasteiger partial charge in [-0.25, -0.2) is 4.79 Å². The Morgan fingerprint density at radius 1 is 1.26 bits per heavy atom. The molecule has 2 N–H and O–H groups in total. The van der Waals surface area contributed by atoms with Crippen LogP contribution in [0.3, 0.4) is 0 Å². The highest BCUT2D eigenvalue weighted by molar-refractivity contribution is 5.76. The molecular weight excluding hydrogens is 244 g/mol. The van der Waals surface area contributed by atoms with Crippen LogP contribution in [-0.2, 0) is 4.79 Å². The minimum absolute atomic E-state index is 0.00647. The topological polar surface area (TPSA) is 69.6 Å². The van der Waals surface area contributed by atoms with Crippen molar-refractivity contribution in [2.75, 3.05) is 6.54 Å². The normalized spacial score (nSPS) is 26.2. The SMILES string of the molecule is CCCCN(C(=O)NC1CCC(C(=O)O)C1)C1CC1. The van der Waals surface area contributed by atoms with E-state index in [1.165, 1.54) is 0 Å². The summed E-state index contributed by atoms with van der Waals surface area (Å²) in [6, 6.07) is 0.465. The van der Waals surface area contributed by atoms with E-state index < -0.39 is 5.97 Å². The summed E-state index contributed by atoms with van der Waals surface area (Å²) in [5.41, 5.74) is 0. The third-order valence-corrected chi connectivity index (χ3v) is 4.11. The number of carboxylic acid groups (broad SMARTS) is 1. The number of carbonyl (C=O) groups is 2. The molecule has 0 aromatic heterocycles. The molecule has 0 bridgehead atoms. The van der Waals surface area contributed by atoms with E-state index in [0.29, 0.717) is 18.9 Å². The molecule has 2 aliphatic rings. The highest BCUT2D eigenvalue weighted by Crippen LogP contribution is 2.29. The second-order valence-corrected chi connectivity index (χ2v) is 5.77. The number of amides is 2. The number of carbonyl (C=O) groups excluding carboxylic acids is 1. The van der Waals surface area contributed by atoms with Gasteiger partial charge in [0.2, 0.25) is 0 Å². The predicted octanol–water partition coefficient (Wildman–Crippen LogP) is 2.21. The molecule has 5 heteroatoms. The van der Waals surface area contributed by atoms with Crippen LogP contribution in [0.2, 0.25) is 0 Å². The zero-order valence-electron chi connectivity index (χ0n) is 11.6. The van der Waals surface area contributed by atoms with Crippen LogP contribution in [-0.4, -0.2) is 40.6 Å². The third-order valence-electron chi connectivity index (χ3n) is 4.11. The van der Waals surface area contributed by atoms with E-state index in [4.69, 9.17) is 5.11 Å². The predicted molar refractivity (Wildman–Crippen MR) is 71.9 cm³/mol. The molecule has 2 atom stereocenters. The number of nitrogens with zero attached hydrogens (tertiary/aromatic N) is 1. The molecule has 19 heavy (non-hydrogen) atoms. The Bertz CT molecular complexity index is 342. The van der Waals surface area contributed by atoms with E-state index in [2.05, 4.69) is 12.2 Å². The molecule has 0 radical (unpaired) electrons. The van der Waals surface area contributed by atoms with Gasteiger partial charge in [-0.2, -0.15) is 0 Å². The van der Waals surface area contributed by atoms with Crippen molar-refractivity contribution >= 4 is 12.0 Å². The highest BCUT2D eigenvalue weighted by Gasteiger charge is 2.35. The van der Waals surface area contributed by atoms with Gasteiger partial charge in [0.05, 0.1) is 5.92 Å². The Labute approximate surface area is 114 Å². The van der Waals surface area contributed by atoms with Crippen molar-refractivity contribution in [2.24, 2.45) is 5.92 Å². The van der Waals surface area contributed by atoms with Gasteiger partial charge in [0.25, 0.3) is 0 Å². The van der Waals surface area contributed by atoms with Crippen molar-refractivity contribution < 1.29 is 14.7 Å². The second-order valence-electron chi connectivity index (χ2n) is 5.77. The van der Waals surface area contributed by atoms with Crippen LogP contribution in [0.25, 0.3) is 0 Å². The van der Waals surface area contributed by atoms with Gasteiger partial charge in [-0.05, 0) is 38.5 Å². The maximum atomic E-state index is 12.2. The van der Waals surface area contributed by atoms with Crippen LogP contribution in [0.5, 0.6) is 0 Å².